The minimum Gasteiger partial charge on any atom is -0.378 e. The maximum atomic E-state index is 5.18. The van der Waals surface area contributed by atoms with E-state index in [9.17, 15) is 0 Å². The number of ether oxygens (including phenoxy) is 1. The lowest BCUT2D eigenvalue weighted by molar-refractivity contribution is 0.181. The van der Waals surface area contributed by atoms with Crippen LogP contribution in [0.1, 0.15) is 5.69 Å². The number of H-pyrrole nitrogens is 1. The van der Waals surface area contributed by atoms with Gasteiger partial charge in [-0.3, -0.25) is 5.10 Å². The van der Waals surface area contributed by atoms with Crippen LogP contribution < -0.4 is 0 Å². The fourth-order valence-electron chi connectivity index (χ4n) is 1.26. The molecule has 2 heterocycles. The third-order valence-corrected chi connectivity index (χ3v) is 2.16. The molecule has 0 aromatic carbocycles. The number of rotatable bonds is 3. The first-order valence-electron chi connectivity index (χ1n) is 4.39. The second-order valence-corrected chi connectivity index (χ2v) is 3.39. The Morgan fingerprint density at radius 1 is 1.60 bits per heavy atom. The SMILES string of the molecule is COCc1cc(=S)n(-c2cccnn2)[nH]1. The Balaban J connectivity index is 2.41. The molecule has 0 saturated carbocycles. The van der Waals surface area contributed by atoms with Crippen molar-refractivity contribution in [3.05, 3.63) is 34.7 Å². The molecule has 0 amide bonds. The average Bonchev–Trinajstić information content (AvgIpc) is 2.61. The molecule has 0 radical (unpaired) electrons. The van der Waals surface area contributed by atoms with Crippen molar-refractivity contribution < 1.29 is 4.74 Å². The number of methoxy groups -OCH3 is 1. The summed E-state index contributed by atoms with van der Waals surface area (Å²) in [5.74, 6) is 0.671. The van der Waals surface area contributed by atoms with E-state index in [0.29, 0.717) is 17.1 Å². The van der Waals surface area contributed by atoms with Crippen LogP contribution in [-0.4, -0.2) is 27.1 Å². The molecule has 0 bridgehead atoms. The summed E-state index contributed by atoms with van der Waals surface area (Å²) in [5, 5.41) is 10.8. The Hall–Kier alpha value is -1.53. The highest BCUT2D eigenvalue weighted by Gasteiger charge is 2.02. The molecule has 2 aromatic rings. The molecule has 78 valence electrons. The zero-order valence-electron chi connectivity index (χ0n) is 8.17. The number of hydrogen-bond acceptors (Lipinski definition) is 4. The zero-order valence-corrected chi connectivity index (χ0v) is 8.99. The van der Waals surface area contributed by atoms with Crippen LogP contribution in [0.15, 0.2) is 24.4 Å². The molecular weight excluding hydrogens is 212 g/mol. The first-order chi connectivity index (χ1) is 7.31. The third kappa shape index (κ3) is 2.11. The van der Waals surface area contributed by atoms with Gasteiger partial charge in [-0.15, -0.1) is 5.10 Å². The molecule has 15 heavy (non-hydrogen) atoms. The van der Waals surface area contributed by atoms with Gasteiger partial charge >= 0.3 is 0 Å². The lowest BCUT2D eigenvalue weighted by Gasteiger charge is -1.99. The minimum atomic E-state index is 0.497. The highest BCUT2D eigenvalue weighted by Crippen LogP contribution is 2.06. The smallest absolute Gasteiger partial charge is 0.175 e. The van der Waals surface area contributed by atoms with E-state index in [0.717, 1.165) is 5.69 Å². The topological polar surface area (TPSA) is 55.7 Å². The van der Waals surface area contributed by atoms with E-state index in [1.165, 1.54) is 0 Å². The van der Waals surface area contributed by atoms with E-state index in [1.807, 2.05) is 12.1 Å². The molecular formula is C9H10N4OS. The fourth-order valence-corrected chi connectivity index (χ4v) is 1.54. The van der Waals surface area contributed by atoms with Gasteiger partial charge in [0.15, 0.2) is 5.82 Å². The summed E-state index contributed by atoms with van der Waals surface area (Å²) < 4.78 is 7.35. The molecule has 2 aromatic heterocycles. The molecule has 0 spiro atoms. The molecule has 5 nitrogen and oxygen atoms in total. The Labute approximate surface area is 91.7 Å². The number of nitrogens with zero attached hydrogens (tertiary/aromatic N) is 3. The van der Waals surface area contributed by atoms with Crippen molar-refractivity contribution >= 4 is 12.2 Å². The van der Waals surface area contributed by atoms with E-state index in [-0.39, 0.29) is 0 Å². The van der Waals surface area contributed by atoms with Crippen LogP contribution in [0, 0.1) is 4.64 Å². The summed E-state index contributed by atoms with van der Waals surface area (Å²) in [5.41, 5.74) is 0.910. The zero-order chi connectivity index (χ0) is 10.7. The molecule has 0 fully saturated rings. The summed E-state index contributed by atoms with van der Waals surface area (Å²) in [6, 6.07) is 5.48. The van der Waals surface area contributed by atoms with Gasteiger partial charge in [-0.25, -0.2) is 4.68 Å². The molecule has 0 saturated heterocycles. The van der Waals surface area contributed by atoms with Gasteiger partial charge < -0.3 is 4.74 Å². The van der Waals surface area contributed by atoms with Crippen molar-refractivity contribution in [2.75, 3.05) is 7.11 Å². The third-order valence-electron chi connectivity index (χ3n) is 1.86. The van der Waals surface area contributed by atoms with Crippen LogP contribution in [0.2, 0.25) is 0 Å². The summed E-state index contributed by atoms with van der Waals surface area (Å²) in [6.45, 7) is 0.497. The van der Waals surface area contributed by atoms with Crippen LogP contribution in [0.3, 0.4) is 0 Å². The maximum Gasteiger partial charge on any atom is 0.175 e. The number of aromatic amines is 1. The lowest BCUT2D eigenvalue weighted by atomic mass is 10.5. The van der Waals surface area contributed by atoms with Crippen molar-refractivity contribution in [1.82, 2.24) is 20.0 Å². The standard InChI is InChI=1S/C9H10N4OS/c1-14-6-7-5-9(15)13(12-7)8-3-2-4-10-11-8/h2-5,12H,6H2,1H3. The van der Waals surface area contributed by atoms with Gasteiger partial charge in [0, 0.05) is 13.3 Å². The van der Waals surface area contributed by atoms with Crippen molar-refractivity contribution in [1.29, 1.82) is 0 Å². The minimum absolute atomic E-state index is 0.497. The van der Waals surface area contributed by atoms with Crippen molar-refractivity contribution in [2.45, 2.75) is 6.61 Å². The van der Waals surface area contributed by atoms with E-state index >= 15 is 0 Å². The van der Waals surface area contributed by atoms with Crippen LogP contribution >= 0.6 is 12.2 Å². The molecule has 6 heteroatoms. The number of nitrogens with one attached hydrogen (secondary N) is 1. The number of hydrogen-bond donors (Lipinski definition) is 1. The highest BCUT2D eigenvalue weighted by molar-refractivity contribution is 7.71. The van der Waals surface area contributed by atoms with Crippen molar-refractivity contribution in [3.8, 4) is 5.82 Å². The van der Waals surface area contributed by atoms with Gasteiger partial charge in [0.2, 0.25) is 0 Å². The van der Waals surface area contributed by atoms with Gasteiger partial charge in [0.25, 0.3) is 0 Å². The Morgan fingerprint density at radius 2 is 2.47 bits per heavy atom. The molecule has 0 unspecified atom stereocenters. The predicted molar refractivity (Wildman–Crippen MR) is 57.3 cm³/mol. The van der Waals surface area contributed by atoms with Gasteiger partial charge in [0.1, 0.15) is 4.64 Å². The van der Waals surface area contributed by atoms with E-state index < -0.39 is 0 Å². The molecule has 1 N–H and O–H groups in total. The molecule has 0 atom stereocenters. The average molecular weight is 222 g/mol. The molecule has 2 rings (SSSR count). The first kappa shape index (κ1) is 10.0. The maximum absolute atomic E-state index is 5.18. The summed E-state index contributed by atoms with van der Waals surface area (Å²) in [6.07, 6.45) is 1.62. The van der Waals surface area contributed by atoms with Crippen LogP contribution in [0.4, 0.5) is 0 Å². The second kappa shape index (κ2) is 4.33. The Kier molecular flexibility index (Phi) is 2.89. The highest BCUT2D eigenvalue weighted by atomic mass is 32.1. The van der Waals surface area contributed by atoms with E-state index in [4.69, 9.17) is 17.0 Å². The summed E-state index contributed by atoms with van der Waals surface area (Å²) in [4.78, 5) is 0. The van der Waals surface area contributed by atoms with Gasteiger partial charge in [-0.05, 0) is 18.2 Å². The summed E-state index contributed by atoms with van der Waals surface area (Å²) in [7, 11) is 1.64. The number of aromatic nitrogens is 4. The fraction of sp³-hybridized carbons (Fsp3) is 0.222. The van der Waals surface area contributed by atoms with Gasteiger partial charge in [0.05, 0.1) is 12.3 Å². The quantitative estimate of drug-likeness (QED) is 0.799. The second-order valence-electron chi connectivity index (χ2n) is 2.97. The molecule has 0 aliphatic rings. The van der Waals surface area contributed by atoms with Crippen LogP contribution in [0.25, 0.3) is 5.82 Å². The van der Waals surface area contributed by atoms with E-state index in [2.05, 4.69) is 15.3 Å². The largest absolute Gasteiger partial charge is 0.378 e. The lowest BCUT2D eigenvalue weighted by Crippen LogP contribution is -2.01. The molecule has 0 aliphatic carbocycles. The Morgan fingerprint density at radius 3 is 3.13 bits per heavy atom. The van der Waals surface area contributed by atoms with E-state index in [1.54, 1.807) is 24.1 Å². The Bertz CT molecular complexity index is 490. The monoisotopic (exact) mass is 222 g/mol. The van der Waals surface area contributed by atoms with Crippen molar-refractivity contribution in [2.24, 2.45) is 0 Å². The van der Waals surface area contributed by atoms with Gasteiger partial charge in [-0.1, -0.05) is 12.2 Å². The normalized spacial score (nSPS) is 10.5. The van der Waals surface area contributed by atoms with Crippen molar-refractivity contribution in [3.63, 3.8) is 0 Å². The summed E-state index contributed by atoms with van der Waals surface area (Å²) >= 11 is 5.18. The van der Waals surface area contributed by atoms with Crippen LogP contribution in [-0.2, 0) is 11.3 Å². The van der Waals surface area contributed by atoms with Crippen LogP contribution in [0.5, 0.6) is 0 Å². The first-order valence-corrected chi connectivity index (χ1v) is 4.80. The van der Waals surface area contributed by atoms with Gasteiger partial charge in [-0.2, -0.15) is 5.10 Å². The predicted octanol–water partition coefficient (Wildman–Crippen LogP) is 1.47. The molecule has 0 aliphatic heterocycles.